The van der Waals surface area contributed by atoms with Crippen molar-refractivity contribution in [1.29, 1.82) is 0 Å². The Hall–Kier alpha value is 0.154. The number of nitrogens with one attached hydrogen (secondary N) is 1. The van der Waals surface area contributed by atoms with E-state index in [1.54, 1.807) is 11.6 Å². The topological polar surface area (TPSA) is 83.6 Å². The molecule has 0 heterocycles. The number of amides is 1. The first-order valence-corrected chi connectivity index (χ1v) is 7.41. The van der Waals surface area contributed by atoms with Crippen LogP contribution >= 0.6 is 0 Å². The SMILES string of the molecule is CC(=O)C1CCC(CN(C)S(=O)(=O)N[C-]=O)CC1.[Y+3]. The van der Waals surface area contributed by atoms with Gasteiger partial charge in [0, 0.05) is 19.5 Å². The maximum atomic E-state index is 11.5. The monoisotopic (exact) mass is 364 g/mol. The van der Waals surface area contributed by atoms with E-state index >= 15 is 0 Å². The third-order valence-corrected chi connectivity index (χ3v) is 4.83. The summed E-state index contributed by atoms with van der Waals surface area (Å²) in [5.41, 5.74) is 0. The van der Waals surface area contributed by atoms with Gasteiger partial charge in [0.25, 0.3) is 10.2 Å². The van der Waals surface area contributed by atoms with Crippen molar-refractivity contribution < 1.29 is 50.7 Å². The summed E-state index contributed by atoms with van der Waals surface area (Å²) >= 11 is 0. The third-order valence-electron chi connectivity index (χ3n) is 3.52. The number of nitrogens with zero attached hydrogens (tertiary/aromatic N) is 1. The van der Waals surface area contributed by atoms with Gasteiger partial charge in [0.1, 0.15) is 5.78 Å². The van der Waals surface area contributed by atoms with Gasteiger partial charge < -0.3 is 9.52 Å². The van der Waals surface area contributed by atoms with E-state index in [1.807, 2.05) is 0 Å². The summed E-state index contributed by atoms with van der Waals surface area (Å²) in [5.74, 6) is 0.588. The van der Waals surface area contributed by atoms with Crippen LogP contribution < -0.4 is 4.72 Å². The van der Waals surface area contributed by atoms with E-state index in [4.69, 9.17) is 0 Å². The Labute approximate surface area is 139 Å². The molecule has 0 atom stereocenters. The number of carbonyl (C=O) groups is 1. The zero-order chi connectivity index (χ0) is 13.8. The molecule has 19 heavy (non-hydrogen) atoms. The van der Waals surface area contributed by atoms with E-state index in [1.165, 1.54) is 13.5 Å². The van der Waals surface area contributed by atoms with Gasteiger partial charge in [-0.1, -0.05) is 0 Å². The molecule has 1 aliphatic carbocycles. The fraction of sp³-hybridized carbons (Fsp3) is 0.818. The van der Waals surface area contributed by atoms with Crippen molar-refractivity contribution in [2.75, 3.05) is 13.6 Å². The molecule has 0 aliphatic heterocycles. The molecule has 1 amide bonds. The van der Waals surface area contributed by atoms with Gasteiger partial charge in [-0.05, 0) is 38.5 Å². The zero-order valence-electron chi connectivity index (χ0n) is 11.3. The van der Waals surface area contributed by atoms with Gasteiger partial charge in [-0.2, -0.15) is 19.1 Å². The Bertz CT molecular complexity index is 405. The molecule has 8 heteroatoms. The summed E-state index contributed by atoms with van der Waals surface area (Å²) in [6.07, 6.45) is 4.50. The maximum Gasteiger partial charge on any atom is 3.00 e. The van der Waals surface area contributed by atoms with Crippen LogP contribution in [0.25, 0.3) is 0 Å². The van der Waals surface area contributed by atoms with E-state index in [-0.39, 0.29) is 50.3 Å². The molecule has 0 bridgehead atoms. The Morgan fingerprint density at radius 3 is 2.26 bits per heavy atom. The van der Waals surface area contributed by atoms with Crippen LogP contribution in [0, 0.1) is 11.8 Å². The number of carbonyl (C=O) groups excluding carboxylic acids is 2. The minimum Gasteiger partial charge on any atom is -0.519 e. The van der Waals surface area contributed by atoms with Crippen molar-refractivity contribution >= 4 is 22.4 Å². The second-order valence-electron chi connectivity index (χ2n) is 4.82. The first-order valence-electron chi connectivity index (χ1n) is 5.97. The number of hydrogen-bond donors (Lipinski definition) is 1. The molecule has 1 aliphatic rings. The Morgan fingerprint density at radius 2 is 1.84 bits per heavy atom. The van der Waals surface area contributed by atoms with Crippen molar-refractivity contribution in [1.82, 2.24) is 9.03 Å². The van der Waals surface area contributed by atoms with Gasteiger partial charge in [0.05, 0.1) is 0 Å². The molecule has 6 nitrogen and oxygen atoms in total. The third kappa shape index (κ3) is 5.98. The van der Waals surface area contributed by atoms with Crippen LogP contribution in [0.3, 0.4) is 0 Å². The molecule has 0 unspecified atom stereocenters. The van der Waals surface area contributed by atoms with Crippen LogP contribution in [-0.4, -0.2) is 38.5 Å². The van der Waals surface area contributed by atoms with Crippen LogP contribution in [0.4, 0.5) is 0 Å². The molecular formula is C11H19N2O4SY+2. The fourth-order valence-electron chi connectivity index (χ4n) is 2.34. The van der Waals surface area contributed by atoms with Crippen LogP contribution in [-0.2, 0) is 52.5 Å². The van der Waals surface area contributed by atoms with Crippen LogP contribution in [0.1, 0.15) is 32.6 Å². The predicted octanol–water partition coefficient (Wildman–Crippen LogP) is 0.213. The van der Waals surface area contributed by atoms with E-state index < -0.39 is 10.2 Å². The Kier molecular flexibility index (Phi) is 8.51. The van der Waals surface area contributed by atoms with Gasteiger partial charge in [0.2, 0.25) is 0 Å². The van der Waals surface area contributed by atoms with E-state index in [9.17, 15) is 18.0 Å². The molecule has 1 saturated carbocycles. The van der Waals surface area contributed by atoms with Crippen LogP contribution in [0.2, 0.25) is 0 Å². The predicted molar refractivity (Wildman–Crippen MR) is 66.5 cm³/mol. The average molecular weight is 364 g/mol. The van der Waals surface area contributed by atoms with Gasteiger partial charge in [-0.3, -0.25) is 4.79 Å². The summed E-state index contributed by atoms with van der Waals surface area (Å²) in [6, 6.07) is 0. The second-order valence-corrected chi connectivity index (χ2v) is 6.60. The minimum atomic E-state index is -3.75. The van der Waals surface area contributed by atoms with Crippen LogP contribution in [0.15, 0.2) is 0 Å². The minimum absolute atomic E-state index is 0. The molecule has 1 N–H and O–H groups in total. The van der Waals surface area contributed by atoms with E-state index in [0.29, 0.717) is 6.54 Å². The molecule has 1 fully saturated rings. The van der Waals surface area contributed by atoms with Gasteiger partial charge >= 0.3 is 32.7 Å². The summed E-state index contributed by atoms with van der Waals surface area (Å²) in [6.45, 7) is 1.97. The van der Waals surface area contributed by atoms with Crippen molar-refractivity contribution in [2.24, 2.45) is 11.8 Å². The van der Waals surface area contributed by atoms with Gasteiger partial charge in [0.15, 0.2) is 0 Å². The molecule has 0 aromatic carbocycles. The largest absolute Gasteiger partial charge is 3.00 e. The van der Waals surface area contributed by atoms with Crippen molar-refractivity contribution in [3.8, 4) is 0 Å². The Morgan fingerprint density at radius 1 is 1.32 bits per heavy atom. The number of ketones is 1. The number of rotatable bonds is 6. The summed E-state index contributed by atoms with van der Waals surface area (Å²) in [4.78, 5) is 21.3. The normalized spacial score (nSPS) is 23.5. The quantitative estimate of drug-likeness (QED) is 0.540. The molecule has 0 aromatic rings. The molecular weight excluding hydrogens is 345 g/mol. The van der Waals surface area contributed by atoms with E-state index in [0.717, 1.165) is 30.0 Å². The molecule has 0 aromatic heterocycles. The maximum absolute atomic E-state index is 11.5. The molecule has 104 valence electrons. The molecule has 0 spiro atoms. The van der Waals surface area contributed by atoms with Crippen LogP contribution in [0.5, 0.6) is 0 Å². The first kappa shape index (κ1) is 19.2. The van der Waals surface area contributed by atoms with Crippen molar-refractivity contribution in [2.45, 2.75) is 32.6 Å². The summed E-state index contributed by atoms with van der Waals surface area (Å²) in [7, 11) is -2.32. The summed E-state index contributed by atoms with van der Waals surface area (Å²) in [5, 5.41) is 0. The van der Waals surface area contributed by atoms with Crippen molar-refractivity contribution in [3.63, 3.8) is 0 Å². The molecule has 0 saturated heterocycles. The number of hydrogen-bond acceptors (Lipinski definition) is 4. The van der Waals surface area contributed by atoms with Gasteiger partial charge in [-0.25, -0.2) is 0 Å². The first-order chi connectivity index (χ1) is 8.36. The fourth-order valence-corrected chi connectivity index (χ4v) is 3.01. The summed E-state index contributed by atoms with van der Waals surface area (Å²) < 4.78 is 25.7. The van der Waals surface area contributed by atoms with Gasteiger partial charge in [-0.15, -0.1) is 0 Å². The zero-order valence-corrected chi connectivity index (χ0v) is 14.9. The molecule has 0 radical (unpaired) electrons. The average Bonchev–Trinajstić information content (AvgIpc) is 2.29. The smallest absolute Gasteiger partial charge is 0.519 e. The second kappa shape index (κ2) is 8.44. The molecule has 1 rings (SSSR count). The van der Waals surface area contributed by atoms with E-state index in [2.05, 4.69) is 0 Å². The number of Topliss-reactive ketones (excluding diaryl/α,β-unsaturated/α-hetero) is 1. The standard InChI is InChI=1S/C11H19N2O4S.Y/c1-9(15)11-5-3-10(4-6-11)7-13(2)18(16,17)12-8-14;/h10-11H,3-7H2,1-2H3,(H,12,14);/q-1;+3. The Balaban J connectivity index is 0.00000324. The van der Waals surface area contributed by atoms with Crippen molar-refractivity contribution in [3.05, 3.63) is 0 Å².